The number of aliphatic hydroxyl groups is 3. The molecule has 0 bridgehead atoms. The van der Waals surface area contributed by atoms with E-state index in [0.29, 0.717) is 0 Å². The molecule has 0 aromatic rings. The van der Waals surface area contributed by atoms with Gasteiger partial charge in [-0.05, 0) is 6.42 Å². The lowest BCUT2D eigenvalue weighted by Crippen LogP contribution is -2.58. The van der Waals surface area contributed by atoms with E-state index in [1.807, 2.05) is 0 Å². The van der Waals surface area contributed by atoms with Gasteiger partial charge in [0.1, 0.15) is 18.3 Å². The summed E-state index contributed by atoms with van der Waals surface area (Å²) < 4.78 is 10.3. The second-order valence-electron chi connectivity index (χ2n) is 4.11. The molecule has 1 aliphatic rings. The van der Waals surface area contributed by atoms with Crippen LogP contribution in [0.25, 0.3) is 0 Å². The molecular formula is C10H19NO7. The van der Waals surface area contributed by atoms with E-state index in [2.05, 4.69) is 0 Å². The summed E-state index contributed by atoms with van der Waals surface area (Å²) in [5.74, 6) is -1.04. The van der Waals surface area contributed by atoms with E-state index in [4.69, 9.17) is 20.3 Å². The molecule has 1 aliphatic heterocycles. The highest BCUT2D eigenvalue weighted by atomic mass is 16.7. The summed E-state index contributed by atoms with van der Waals surface area (Å²) in [5, 5.41) is 37.4. The Balaban J connectivity index is 2.58. The van der Waals surface area contributed by atoms with Crippen molar-refractivity contribution >= 4 is 5.97 Å². The van der Waals surface area contributed by atoms with Gasteiger partial charge in [-0.15, -0.1) is 0 Å². The molecular weight excluding hydrogens is 246 g/mol. The predicted octanol–water partition coefficient (Wildman–Crippen LogP) is -2.37. The van der Waals surface area contributed by atoms with E-state index in [0.717, 1.165) is 0 Å². The normalized spacial score (nSPS) is 36.6. The number of carbonyl (C=O) groups is 1. The molecule has 5 unspecified atom stereocenters. The molecule has 8 nitrogen and oxygen atoms in total. The van der Waals surface area contributed by atoms with Gasteiger partial charge in [-0.3, -0.25) is 4.79 Å². The van der Waals surface area contributed by atoms with Gasteiger partial charge < -0.3 is 35.6 Å². The summed E-state index contributed by atoms with van der Waals surface area (Å²) in [6.45, 7) is 0.335. The minimum absolute atomic E-state index is 0.0166. The van der Waals surface area contributed by atoms with Crippen molar-refractivity contribution in [1.29, 1.82) is 0 Å². The maximum absolute atomic E-state index is 10.5. The fraction of sp³-hybridized carbons (Fsp3) is 0.900. The second kappa shape index (κ2) is 6.98. The fourth-order valence-corrected chi connectivity index (χ4v) is 1.74. The maximum atomic E-state index is 10.5. The van der Waals surface area contributed by atoms with Crippen LogP contribution >= 0.6 is 0 Å². The van der Waals surface area contributed by atoms with E-state index in [1.54, 1.807) is 0 Å². The molecule has 0 spiro atoms. The predicted molar refractivity (Wildman–Crippen MR) is 58.6 cm³/mol. The molecule has 1 fully saturated rings. The minimum Gasteiger partial charge on any atom is -0.481 e. The van der Waals surface area contributed by atoms with Crippen molar-refractivity contribution in [3.05, 3.63) is 0 Å². The smallest absolute Gasteiger partial charge is 0.303 e. The molecule has 0 aromatic heterocycles. The molecule has 1 heterocycles. The Hall–Kier alpha value is -0.770. The van der Waals surface area contributed by atoms with Gasteiger partial charge in [0, 0.05) is 13.0 Å². The SMILES string of the molecule is NCCOC1OC(CCC(=O)O)C(O)C(O)C1O. The van der Waals surface area contributed by atoms with Crippen LogP contribution in [0.15, 0.2) is 0 Å². The van der Waals surface area contributed by atoms with Gasteiger partial charge >= 0.3 is 5.97 Å². The highest BCUT2D eigenvalue weighted by Crippen LogP contribution is 2.24. The molecule has 0 radical (unpaired) electrons. The Kier molecular flexibility index (Phi) is 5.93. The zero-order valence-corrected chi connectivity index (χ0v) is 9.81. The zero-order valence-electron chi connectivity index (χ0n) is 9.81. The number of nitrogens with two attached hydrogens (primary N) is 1. The van der Waals surface area contributed by atoms with Crippen molar-refractivity contribution in [2.24, 2.45) is 5.73 Å². The summed E-state index contributed by atoms with van der Waals surface area (Å²) in [7, 11) is 0. The van der Waals surface area contributed by atoms with E-state index >= 15 is 0 Å². The van der Waals surface area contributed by atoms with Crippen LogP contribution in [-0.4, -0.2) is 70.3 Å². The number of hydrogen-bond donors (Lipinski definition) is 5. The molecule has 8 heteroatoms. The lowest BCUT2D eigenvalue weighted by molar-refractivity contribution is -0.296. The van der Waals surface area contributed by atoms with Gasteiger partial charge in [0.15, 0.2) is 6.29 Å². The van der Waals surface area contributed by atoms with Gasteiger partial charge in [-0.2, -0.15) is 0 Å². The molecule has 0 amide bonds. The highest BCUT2D eigenvalue weighted by molar-refractivity contribution is 5.66. The van der Waals surface area contributed by atoms with Crippen LogP contribution < -0.4 is 5.73 Å². The van der Waals surface area contributed by atoms with E-state index in [-0.39, 0.29) is 26.0 Å². The number of rotatable bonds is 6. The topological polar surface area (TPSA) is 142 Å². The van der Waals surface area contributed by atoms with Crippen molar-refractivity contribution < 1.29 is 34.7 Å². The van der Waals surface area contributed by atoms with Crippen LogP contribution in [0.2, 0.25) is 0 Å². The number of aliphatic hydroxyl groups excluding tert-OH is 3. The number of hydrogen-bond acceptors (Lipinski definition) is 7. The first kappa shape index (κ1) is 15.3. The third-order valence-corrected chi connectivity index (χ3v) is 2.71. The number of carboxylic acid groups (broad SMARTS) is 1. The first-order valence-corrected chi connectivity index (χ1v) is 5.70. The van der Waals surface area contributed by atoms with Crippen LogP contribution in [0.1, 0.15) is 12.8 Å². The molecule has 0 aliphatic carbocycles. The van der Waals surface area contributed by atoms with Crippen LogP contribution in [0.4, 0.5) is 0 Å². The van der Waals surface area contributed by atoms with Gasteiger partial charge in [0.2, 0.25) is 0 Å². The minimum atomic E-state index is -1.44. The lowest BCUT2D eigenvalue weighted by Gasteiger charge is -2.40. The molecule has 0 aromatic carbocycles. The maximum Gasteiger partial charge on any atom is 0.303 e. The summed E-state index contributed by atoms with van der Waals surface area (Å²) in [5.41, 5.74) is 5.23. The van der Waals surface area contributed by atoms with Gasteiger partial charge in [0.05, 0.1) is 12.7 Å². The van der Waals surface area contributed by atoms with Crippen molar-refractivity contribution in [3.63, 3.8) is 0 Å². The number of carboxylic acids is 1. The van der Waals surface area contributed by atoms with Crippen molar-refractivity contribution in [3.8, 4) is 0 Å². The monoisotopic (exact) mass is 265 g/mol. The third-order valence-electron chi connectivity index (χ3n) is 2.71. The first-order chi connectivity index (χ1) is 8.47. The Morgan fingerprint density at radius 3 is 2.44 bits per heavy atom. The molecule has 18 heavy (non-hydrogen) atoms. The summed E-state index contributed by atoms with van der Waals surface area (Å²) in [6, 6.07) is 0. The van der Waals surface area contributed by atoms with Crippen LogP contribution in [0, 0.1) is 0 Å². The molecule has 106 valence electrons. The Bertz CT molecular complexity index is 275. The molecule has 1 rings (SSSR count). The number of ether oxygens (including phenoxy) is 2. The zero-order chi connectivity index (χ0) is 13.7. The van der Waals surface area contributed by atoms with Gasteiger partial charge in [0.25, 0.3) is 0 Å². The van der Waals surface area contributed by atoms with Gasteiger partial charge in [-0.25, -0.2) is 0 Å². The van der Waals surface area contributed by atoms with E-state index < -0.39 is 36.7 Å². The molecule has 0 saturated carbocycles. The molecule has 6 N–H and O–H groups in total. The second-order valence-corrected chi connectivity index (χ2v) is 4.11. The highest BCUT2D eigenvalue weighted by Gasteiger charge is 2.44. The van der Waals surface area contributed by atoms with Crippen LogP contribution in [0.5, 0.6) is 0 Å². The average molecular weight is 265 g/mol. The number of aliphatic carboxylic acids is 1. The quantitative estimate of drug-likeness (QED) is 0.359. The molecule has 1 saturated heterocycles. The fourth-order valence-electron chi connectivity index (χ4n) is 1.74. The Labute approximate surface area is 104 Å². The van der Waals surface area contributed by atoms with Gasteiger partial charge in [-0.1, -0.05) is 0 Å². The Morgan fingerprint density at radius 1 is 1.22 bits per heavy atom. The van der Waals surface area contributed by atoms with E-state index in [9.17, 15) is 20.1 Å². The van der Waals surface area contributed by atoms with Crippen molar-refractivity contribution in [1.82, 2.24) is 0 Å². The standard InChI is InChI=1S/C10H19NO7/c11-3-4-17-10-9(16)8(15)7(14)5(18-10)1-2-6(12)13/h5,7-10,14-16H,1-4,11H2,(H,12,13). The summed E-state index contributed by atoms with van der Waals surface area (Å²) in [4.78, 5) is 10.5. The molecule has 5 atom stereocenters. The third kappa shape index (κ3) is 3.87. The summed E-state index contributed by atoms with van der Waals surface area (Å²) >= 11 is 0. The Morgan fingerprint density at radius 2 is 1.89 bits per heavy atom. The first-order valence-electron chi connectivity index (χ1n) is 5.70. The largest absolute Gasteiger partial charge is 0.481 e. The lowest BCUT2D eigenvalue weighted by atomic mass is 9.96. The van der Waals surface area contributed by atoms with Crippen LogP contribution in [-0.2, 0) is 14.3 Å². The van der Waals surface area contributed by atoms with E-state index in [1.165, 1.54) is 0 Å². The average Bonchev–Trinajstić information content (AvgIpc) is 2.34. The van der Waals surface area contributed by atoms with Crippen LogP contribution in [0.3, 0.4) is 0 Å². The van der Waals surface area contributed by atoms with Crippen molar-refractivity contribution in [2.45, 2.75) is 43.5 Å². The van der Waals surface area contributed by atoms with Crippen molar-refractivity contribution in [2.75, 3.05) is 13.2 Å². The summed E-state index contributed by atoms with van der Waals surface area (Å²) in [6.07, 6.45) is -6.41.